The third-order valence-electron chi connectivity index (χ3n) is 3.84. The molecule has 0 aliphatic carbocycles. The zero-order valence-electron chi connectivity index (χ0n) is 16.5. The van der Waals surface area contributed by atoms with Crippen LogP contribution in [0.25, 0.3) is 0 Å². The van der Waals surface area contributed by atoms with Crippen molar-refractivity contribution in [1.29, 1.82) is 0 Å². The molecule has 0 saturated carbocycles. The van der Waals surface area contributed by atoms with Crippen LogP contribution >= 0.6 is 27.3 Å². The van der Waals surface area contributed by atoms with Gasteiger partial charge in [0.1, 0.15) is 21.3 Å². The Labute approximate surface area is 179 Å². The molecule has 1 atom stereocenters. The molecule has 1 aromatic carbocycles. The molecule has 1 unspecified atom stereocenters. The average Bonchev–Trinajstić information content (AvgIpc) is 3.05. The first-order valence-corrected chi connectivity index (χ1v) is 10.9. The Morgan fingerprint density at radius 1 is 1.32 bits per heavy atom. The van der Waals surface area contributed by atoms with E-state index >= 15 is 0 Å². The highest BCUT2D eigenvalue weighted by Gasteiger charge is 2.17. The van der Waals surface area contributed by atoms with Crippen molar-refractivity contribution in [2.75, 3.05) is 19.6 Å². The SMILES string of the molecule is CC(C)(C)OC(=O)NCCN(CCC(O)c1nc(Br)cs1)Cc1ccccc1. The number of thiazole rings is 1. The van der Waals surface area contributed by atoms with Gasteiger partial charge in [-0.2, -0.15) is 0 Å². The summed E-state index contributed by atoms with van der Waals surface area (Å²) in [7, 11) is 0. The van der Waals surface area contributed by atoms with Crippen LogP contribution in [0.4, 0.5) is 4.79 Å². The van der Waals surface area contributed by atoms with E-state index in [1.165, 1.54) is 16.9 Å². The molecule has 1 aromatic heterocycles. The first-order valence-electron chi connectivity index (χ1n) is 9.25. The van der Waals surface area contributed by atoms with E-state index in [2.05, 4.69) is 43.3 Å². The molecule has 6 nitrogen and oxygen atoms in total. The van der Waals surface area contributed by atoms with Gasteiger partial charge in [0.25, 0.3) is 0 Å². The summed E-state index contributed by atoms with van der Waals surface area (Å²) in [6.45, 7) is 8.07. The number of alkyl carbamates (subject to hydrolysis) is 1. The number of carbonyl (C=O) groups excluding carboxylic acids is 1. The Morgan fingerprint density at radius 3 is 2.64 bits per heavy atom. The fourth-order valence-electron chi connectivity index (χ4n) is 2.59. The van der Waals surface area contributed by atoms with Crippen molar-refractivity contribution in [3.05, 3.63) is 50.9 Å². The number of hydrogen-bond donors (Lipinski definition) is 2. The van der Waals surface area contributed by atoms with E-state index in [9.17, 15) is 9.90 Å². The highest BCUT2D eigenvalue weighted by Crippen LogP contribution is 2.24. The topological polar surface area (TPSA) is 74.7 Å². The third-order valence-corrected chi connectivity index (χ3v) is 5.50. The maximum Gasteiger partial charge on any atom is 0.407 e. The minimum absolute atomic E-state index is 0.417. The molecule has 28 heavy (non-hydrogen) atoms. The highest BCUT2D eigenvalue weighted by molar-refractivity contribution is 9.10. The van der Waals surface area contributed by atoms with Crippen LogP contribution in [0.15, 0.2) is 40.3 Å². The molecule has 2 aromatic rings. The van der Waals surface area contributed by atoms with Crippen LogP contribution in [-0.2, 0) is 11.3 Å². The van der Waals surface area contributed by atoms with Crippen LogP contribution in [0.5, 0.6) is 0 Å². The second-order valence-electron chi connectivity index (χ2n) is 7.50. The van der Waals surface area contributed by atoms with Crippen LogP contribution in [0.3, 0.4) is 0 Å². The van der Waals surface area contributed by atoms with E-state index < -0.39 is 17.8 Å². The molecule has 0 spiro atoms. The number of nitrogens with zero attached hydrogens (tertiary/aromatic N) is 2. The van der Waals surface area contributed by atoms with E-state index in [0.29, 0.717) is 31.1 Å². The van der Waals surface area contributed by atoms with E-state index in [-0.39, 0.29) is 0 Å². The van der Waals surface area contributed by atoms with Gasteiger partial charge in [-0.1, -0.05) is 30.3 Å². The summed E-state index contributed by atoms with van der Waals surface area (Å²) in [4.78, 5) is 18.3. The molecular formula is C20H28BrN3O3S. The van der Waals surface area contributed by atoms with Crippen LogP contribution in [-0.4, -0.2) is 46.3 Å². The molecule has 0 bridgehead atoms. The Kier molecular flexibility index (Phi) is 8.88. The third kappa shape index (κ3) is 8.68. The number of halogens is 1. The van der Waals surface area contributed by atoms with Gasteiger partial charge in [-0.05, 0) is 48.7 Å². The Morgan fingerprint density at radius 2 is 2.04 bits per heavy atom. The number of benzene rings is 1. The van der Waals surface area contributed by atoms with Crippen LogP contribution in [0.1, 0.15) is 43.9 Å². The number of aromatic nitrogens is 1. The number of rotatable bonds is 9. The first kappa shape index (κ1) is 22.8. The second-order valence-corrected chi connectivity index (χ2v) is 9.21. The minimum atomic E-state index is -0.603. The smallest absolute Gasteiger partial charge is 0.407 e. The molecular weight excluding hydrogens is 442 g/mol. The molecule has 0 fully saturated rings. The van der Waals surface area contributed by atoms with Crippen molar-refractivity contribution >= 4 is 33.4 Å². The van der Waals surface area contributed by atoms with Gasteiger partial charge in [-0.25, -0.2) is 9.78 Å². The molecule has 0 aliphatic heterocycles. The van der Waals surface area contributed by atoms with Gasteiger partial charge in [0, 0.05) is 31.6 Å². The van der Waals surface area contributed by atoms with Gasteiger partial charge in [0.05, 0.1) is 0 Å². The lowest BCUT2D eigenvalue weighted by Crippen LogP contribution is -2.38. The van der Waals surface area contributed by atoms with E-state index in [1.807, 2.05) is 44.4 Å². The first-order chi connectivity index (χ1) is 13.2. The van der Waals surface area contributed by atoms with Crippen molar-refractivity contribution in [3.63, 3.8) is 0 Å². The monoisotopic (exact) mass is 469 g/mol. The number of amides is 1. The van der Waals surface area contributed by atoms with Crippen molar-refractivity contribution in [2.45, 2.75) is 45.4 Å². The van der Waals surface area contributed by atoms with Gasteiger partial charge in [0.15, 0.2) is 0 Å². The molecule has 1 amide bonds. The standard InChI is InChI=1S/C20H28BrN3O3S/c1-20(2,3)27-19(26)22-10-12-24(13-15-7-5-4-6-8-15)11-9-16(25)18-23-17(21)14-28-18/h4-8,14,16,25H,9-13H2,1-3H3,(H,22,26). The lowest BCUT2D eigenvalue weighted by atomic mass is 10.2. The lowest BCUT2D eigenvalue weighted by Gasteiger charge is -2.24. The van der Waals surface area contributed by atoms with Crippen molar-refractivity contribution in [2.24, 2.45) is 0 Å². The summed E-state index contributed by atoms with van der Waals surface area (Å²) in [5.74, 6) is 0. The molecule has 1 heterocycles. The van der Waals surface area contributed by atoms with E-state index in [4.69, 9.17) is 4.74 Å². The summed E-state index contributed by atoms with van der Waals surface area (Å²) in [5, 5.41) is 15.8. The van der Waals surface area contributed by atoms with Gasteiger partial charge in [-0.3, -0.25) is 4.90 Å². The molecule has 2 N–H and O–H groups in total. The zero-order valence-corrected chi connectivity index (χ0v) is 18.9. The van der Waals surface area contributed by atoms with E-state index in [1.54, 1.807) is 0 Å². The fourth-order valence-corrected chi connectivity index (χ4v) is 3.88. The average molecular weight is 470 g/mol. The zero-order chi connectivity index (χ0) is 20.6. The predicted molar refractivity (Wildman–Crippen MR) is 115 cm³/mol. The summed E-state index contributed by atoms with van der Waals surface area (Å²) < 4.78 is 6.02. The van der Waals surface area contributed by atoms with Gasteiger partial charge in [-0.15, -0.1) is 11.3 Å². The Balaban J connectivity index is 1.88. The van der Waals surface area contributed by atoms with Crippen LogP contribution in [0.2, 0.25) is 0 Å². The quantitative estimate of drug-likeness (QED) is 0.570. The van der Waals surface area contributed by atoms with Gasteiger partial charge >= 0.3 is 6.09 Å². The minimum Gasteiger partial charge on any atom is -0.444 e. The number of aliphatic hydroxyl groups excluding tert-OH is 1. The maximum absolute atomic E-state index is 11.8. The van der Waals surface area contributed by atoms with Crippen LogP contribution in [0, 0.1) is 0 Å². The van der Waals surface area contributed by atoms with Crippen molar-refractivity contribution in [3.8, 4) is 0 Å². The largest absolute Gasteiger partial charge is 0.444 e. The number of aliphatic hydroxyl groups is 1. The van der Waals surface area contributed by atoms with Gasteiger partial charge in [0.2, 0.25) is 0 Å². The number of nitrogens with one attached hydrogen (secondary N) is 1. The number of hydrogen-bond acceptors (Lipinski definition) is 6. The Bertz CT molecular complexity index is 734. The lowest BCUT2D eigenvalue weighted by molar-refractivity contribution is 0.0519. The van der Waals surface area contributed by atoms with Crippen LogP contribution < -0.4 is 5.32 Å². The summed E-state index contributed by atoms with van der Waals surface area (Å²) in [6.07, 6.45) is -0.451. The van der Waals surface area contributed by atoms with E-state index in [0.717, 1.165) is 11.1 Å². The summed E-state index contributed by atoms with van der Waals surface area (Å²) in [6, 6.07) is 10.1. The number of carbonyl (C=O) groups is 1. The summed E-state index contributed by atoms with van der Waals surface area (Å²) >= 11 is 4.76. The molecule has 0 radical (unpaired) electrons. The molecule has 0 saturated heterocycles. The highest BCUT2D eigenvalue weighted by atomic mass is 79.9. The van der Waals surface area contributed by atoms with Crippen molar-refractivity contribution in [1.82, 2.24) is 15.2 Å². The number of ether oxygens (including phenoxy) is 1. The van der Waals surface area contributed by atoms with Gasteiger partial charge < -0.3 is 15.2 Å². The predicted octanol–water partition coefficient (Wildman–Crippen LogP) is 4.36. The fraction of sp³-hybridized carbons (Fsp3) is 0.500. The summed E-state index contributed by atoms with van der Waals surface area (Å²) in [5.41, 5.74) is 0.672. The molecule has 2 rings (SSSR count). The Hall–Kier alpha value is -1.48. The van der Waals surface area contributed by atoms with Crippen molar-refractivity contribution < 1.29 is 14.6 Å². The normalized spacial score (nSPS) is 12.8. The second kappa shape index (κ2) is 10.9. The maximum atomic E-state index is 11.8. The molecule has 8 heteroatoms. The molecule has 154 valence electrons. The molecule has 0 aliphatic rings.